The fourth-order valence-electron chi connectivity index (χ4n) is 2.95. The number of thiophene rings is 2. The number of carbonyl (C=O) groups is 1. The highest BCUT2D eigenvalue weighted by molar-refractivity contribution is 7.98. The van der Waals surface area contributed by atoms with Crippen molar-refractivity contribution in [3.8, 4) is 10.6 Å². The molecule has 0 fully saturated rings. The van der Waals surface area contributed by atoms with Crippen molar-refractivity contribution in [3.63, 3.8) is 0 Å². The zero-order valence-corrected chi connectivity index (χ0v) is 17.9. The number of carbonyl (C=O) groups excluding carboxylic acids is 1. The van der Waals surface area contributed by atoms with Crippen LogP contribution in [0.25, 0.3) is 20.8 Å². The first-order valence-electron chi connectivity index (χ1n) is 8.57. The van der Waals surface area contributed by atoms with Crippen LogP contribution in [0.2, 0.25) is 0 Å². The third kappa shape index (κ3) is 3.90. The van der Waals surface area contributed by atoms with Crippen LogP contribution >= 0.6 is 34.4 Å². The molecule has 0 aliphatic carbocycles. The van der Waals surface area contributed by atoms with E-state index < -0.39 is 17.6 Å². The molecular weight excluding hydrogens is 451 g/mol. The molecule has 0 spiro atoms. The number of alkyl halides is 3. The standard InChI is InChI=1S/C20H14F3N3OS3/c1-28-11-5-2-4-10(8-11)25-18(27)17-16(24)15-12(20(21,22)23)9-13(26-19(15)30-17)14-6-3-7-29-14/h2-9H,24H2,1H3,(H,25,27). The van der Waals surface area contributed by atoms with E-state index in [-0.39, 0.29) is 26.5 Å². The van der Waals surface area contributed by atoms with E-state index in [1.54, 1.807) is 35.7 Å². The summed E-state index contributed by atoms with van der Waals surface area (Å²) < 4.78 is 41.3. The average molecular weight is 466 g/mol. The van der Waals surface area contributed by atoms with Crippen LogP contribution in [0.15, 0.2) is 52.7 Å². The van der Waals surface area contributed by atoms with Gasteiger partial charge in [0.1, 0.15) is 9.71 Å². The topological polar surface area (TPSA) is 68.0 Å². The highest BCUT2D eigenvalue weighted by Crippen LogP contribution is 2.44. The Bertz CT molecular complexity index is 1230. The van der Waals surface area contributed by atoms with Crippen molar-refractivity contribution in [3.05, 3.63) is 58.3 Å². The largest absolute Gasteiger partial charge is 0.417 e. The molecule has 3 heterocycles. The van der Waals surface area contributed by atoms with Gasteiger partial charge in [-0.2, -0.15) is 13.2 Å². The number of halogens is 3. The van der Waals surface area contributed by atoms with Gasteiger partial charge in [0.25, 0.3) is 5.91 Å². The Morgan fingerprint density at radius 3 is 2.67 bits per heavy atom. The van der Waals surface area contributed by atoms with Gasteiger partial charge in [-0.15, -0.1) is 34.4 Å². The molecule has 0 bridgehead atoms. The van der Waals surface area contributed by atoms with E-state index in [0.717, 1.165) is 22.3 Å². The molecule has 4 rings (SSSR count). The summed E-state index contributed by atoms with van der Waals surface area (Å²) in [5, 5.41) is 4.23. The molecule has 0 aliphatic rings. The summed E-state index contributed by atoms with van der Waals surface area (Å²) >= 11 is 3.65. The van der Waals surface area contributed by atoms with Crippen LogP contribution in [-0.4, -0.2) is 17.1 Å². The smallest absolute Gasteiger partial charge is 0.397 e. The molecule has 3 aromatic heterocycles. The summed E-state index contributed by atoms with van der Waals surface area (Å²) in [5.74, 6) is -0.570. The Morgan fingerprint density at radius 2 is 2.00 bits per heavy atom. The monoisotopic (exact) mass is 465 g/mol. The van der Waals surface area contributed by atoms with Gasteiger partial charge in [0.2, 0.25) is 0 Å². The van der Waals surface area contributed by atoms with E-state index in [2.05, 4.69) is 10.3 Å². The fraction of sp³-hybridized carbons (Fsp3) is 0.100. The third-order valence-corrected chi connectivity index (χ3v) is 7.03. The molecule has 154 valence electrons. The number of rotatable bonds is 4. The second kappa shape index (κ2) is 7.93. The summed E-state index contributed by atoms with van der Waals surface area (Å²) in [6, 6.07) is 11.6. The Hall–Kier alpha value is -2.56. The first kappa shape index (κ1) is 20.7. The number of pyridine rings is 1. The minimum absolute atomic E-state index is 0.000819. The van der Waals surface area contributed by atoms with Gasteiger partial charge in [-0.05, 0) is 42.0 Å². The number of nitrogens with zero attached hydrogens (tertiary/aromatic N) is 1. The molecule has 1 amide bonds. The van der Waals surface area contributed by atoms with Crippen LogP contribution in [0.4, 0.5) is 24.5 Å². The molecular formula is C20H14F3N3OS3. The number of fused-ring (bicyclic) bond motifs is 1. The Kier molecular flexibility index (Phi) is 5.48. The van der Waals surface area contributed by atoms with Gasteiger partial charge in [-0.25, -0.2) is 4.98 Å². The molecule has 0 unspecified atom stereocenters. The number of nitrogens with two attached hydrogens (primary N) is 1. The highest BCUT2D eigenvalue weighted by Gasteiger charge is 2.36. The van der Waals surface area contributed by atoms with Crippen molar-refractivity contribution in [1.82, 2.24) is 4.98 Å². The second-order valence-electron chi connectivity index (χ2n) is 6.24. The summed E-state index contributed by atoms with van der Waals surface area (Å²) in [7, 11) is 0. The van der Waals surface area contributed by atoms with Crippen LogP contribution in [0.5, 0.6) is 0 Å². The SMILES string of the molecule is CSc1cccc(NC(=O)c2sc3nc(-c4cccs4)cc(C(F)(F)F)c3c2N)c1. The maximum absolute atomic E-state index is 13.8. The molecule has 0 radical (unpaired) electrons. The van der Waals surface area contributed by atoms with Crippen molar-refractivity contribution in [1.29, 1.82) is 0 Å². The minimum atomic E-state index is -4.64. The summed E-state index contributed by atoms with van der Waals surface area (Å²) in [6.45, 7) is 0. The van der Waals surface area contributed by atoms with Gasteiger partial charge in [-0.3, -0.25) is 4.79 Å². The van der Waals surface area contributed by atoms with Gasteiger partial charge >= 0.3 is 6.18 Å². The molecule has 0 saturated heterocycles. The van der Waals surface area contributed by atoms with Gasteiger partial charge in [0.15, 0.2) is 0 Å². The van der Waals surface area contributed by atoms with Gasteiger partial charge in [-0.1, -0.05) is 12.1 Å². The number of anilines is 2. The number of amides is 1. The van der Waals surface area contributed by atoms with E-state index in [0.29, 0.717) is 10.6 Å². The average Bonchev–Trinajstić information content (AvgIpc) is 3.35. The first-order chi connectivity index (χ1) is 14.3. The van der Waals surface area contributed by atoms with Crippen LogP contribution < -0.4 is 11.1 Å². The van der Waals surface area contributed by atoms with Crippen LogP contribution in [-0.2, 0) is 6.18 Å². The number of nitrogens with one attached hydrogen (secondary N) is 1. The van der Waals surface area contributed by atoms with E-state index in [4.69, 9.17) is 5.73 Å². The van der Waals surface area contributed by atoms with Crippen molar-refractivity contribution in [2.45, 2.75) is 11.1 Å². The van der Waals surface area contributed by atoms with Gasteiger partial charge in [0, 0.05) is 16.0 Å². The number of thioether (sulfide) groups is 1. The predicted molar refractivity (Wildman–Crippen MR) is 119 cm³/mol. The number of hydrogen-bond donors (Lipinski definition) is 2. The molecule has 0 saturated carbocycles. The first-order valence-corrected chi connectivity index (χ1v) is 11.5. The van der Waals surface area contributed by atoms with Crippen molar-refractivity contribution in [2.75, 3.05) is 17.3 Å². The normalized spacial score (nSPS) is 11.7. The lowest BCUT2D eigenvalue weighted by Gasteiger charge is -2.10. The molecule has 1 aromatic carbocycles. The lowest BCUT2D eigenvalue weighted by atomic mass is 10.1. The summed E-state index contributed by atoms with van der Waals surface area (Å²) in [6.07, 6.45) is -2.73. The number of aromatic nitrogens is 1. The number of benzene rings is 1. The maximum Gasteiger partial charge on any atom is 0.417 e. The lowest BCUT2D eigenvalue weighted by Crippen LogP contribution is -2.12. The molecule has 30 heavy (non-hydrogen) atoms. The lowest BCUT2D eigenvalue weighted by molar-refractivity contribution is -0.136. The Labute approximate surface area is 181 Å². The third-order valence-electron chi connectivity index (χ3n) is 4.31. The maximum atomic E-state index is 13.8. The summed E-state index contributed by atoms with van der Waals surface area (Å²) in [5.41, 5.74) is 5.65. The summed E-state index contributed by atoms with van der Waals surface area (Å²) in [4.78, 5) is 18.8. The van der Waals surface area contributed by atoms with Crippen molar-refractivity contribution < 1.29 is 18.0 Å². The van der Waals surface area contributed by atoms with Crippen molar-refractivity contribution in [2.24, 2.45) is 0 Å². The van der Waals surface area contributed by atoms with Crippen molar-refractivity contribution >= 4 is 61.9 Å². The van der Waals surface area contributed by atoms with Crippen LogP contribution in [0.1, 0.15) is 15.2 Å². The Balaban J connectivity index is 1.81. The Morgan fingerprint density at radius 1 is 1.20 bits per heavy atom. The molecule has 3 N–H and O–H groups in total. The predicted octanol–water partition coefficient (Wildman–Crippen LogP) is 6.60. The fourth-order valence-corrected chi connectivity index (χ4v) is 5.11. The molecule has 4 nitrogen and oxygen atoms in total. The molecule has 0 aliphatic heterocycles. The van der Waals surface area contributed by atoms with Gasteiger partial charge in [0.05, 0.1) is 21.8 Å². The van der Waals surface area contributed by atoms with Crippen LogP contribution in [0, 0.1) is 0 Å². The molecule has 10 heteroatoms. The highest BCUT2D eigenvalue weighted by atomic mass is 32.2. The van der Waals surface area contributed by atoms with E-state index in [1.165, 1.54) is 23.1 Å². The number of nitrogen functional groups attached to an aromatic ring is 1. The minimum Gasteiger partial charge on any atom is -0.397 e. The van der Waals surface area contributed by atoms with E-state index in [1.807, 2.05) is 12.3 Å². The second-order valence-corrected chi connectivity index (χ2v) is 9.07. The zero-order chi connectivity index (χ0) is 21.5. The zero-order valence-electron chi connectivity index (χ0n) is 15.4. The molecule has 0 atom stereocenters. The quantitative estimate of drug-likeness (QED) is 0.333. The number of hydrogen-bond acceptors (Lipinski definition) is 6. The van der Waals surface area contributed by atoms with E-state index >= 15 is 0 Å². The van der Waals surface area contributed by atoms with Gasteiger partial charge < -0.3 is 11.1 Å². The molecule has 4 aromatic rings. The van der Waals surface area contributed by atoms with Crippen LogP contribution in [0.3, 0.4) is 0 Å². The van der Waals surface area contributed by atoms with E-state index in [9.17, 15) is 18.0 Å².